The van der Waals surface area contributed by atoms with Gasteiger partial charge in [0.05, 0.1) is 81.1 Å². The number of allylic oxidation sites excluding steroid dienone is 5. The van der Waals surface area contributed by atoms with Crippen molar-refractivity contribution in [2.24, 2.45) is 69.5 Å². The molecule has 0 aromatic heterocycles. The second-order valence-electron chi connectivity index (χ2n) is 31.9. The predicted octanol–water partition coefficient (Wildman–Crippen LogP) is -4.55. The fraction of sp³-hybridized carbons (Fsp3) is 0.675. The molecule has 34 atom stereocenters. The Kier molecular flexibility index (Phi) is 24.0. The van der Waals surface area contributed by atoms with Crippen molar-refractivity contribution < 1.29 is 149 Å². The lowest BCUT2D eigenvalue weighted by molar-refractivity contribution is -0.506. The Labute approximate surface area is 618 Å². The molecule has 0 saturated carbocycles. The Morgan fingerprint density at radius 2 is 0.879 bits per heavy atom. The van der Waals surface area contributed by atoms with Gasteiger partial charge in [-0.25, -0.2) is 0 Å². The zero-order chi connectivity index (χ0) is 78.5. The molecule has 6 fully saturated rings. The number of aliphatic hydroxyl groups excluding tert-OH is 13. The smallest absolute Gasteiger partial charge is 0.187 e. The molecule has 5 aliphatic carbocycles. The first-order chi connectivity index (χ1) is 50.2. The van der Waals surface area contributed by atoms with Crippen LogP contribution in [0, 0.1) is 69.5 Å². The molecule has 0 aromatic rings. The van der Waals surface area contributed by atoms with Gasteiger partial charge in [0.25, 0.3) is 0 Å². The van der Waals surface area contributed by atoms with Gasteiger partial charge in [-0.15, -0.1) is 0 Å². The van der Waals surface area contributed by atoms with Gasteiger partial charge in [0, 0.05) is 22.2 Å². The first-order valence-corrected chi connectivity index (χ1v) is 36.4. The van der Waals surface area contributed by atoms with Gasteiger partial charge in [-0.3, -0.25) is 24.0 Å². The van der Waals surface area contributed by atoms with E-state index in [9.17, 15) is 91.6 Å². The summed E-state index contributed by atoms with van der Waals surface area (Å²) in [6, 6.07) is 0. The highest BCUT2D eigenvalue weighted by atomic mass is 16.7. The Morgan fingerprint density at radius 3 is 1.36 bits per heavy atom. The van der Waals surface area contributed by atoms with Crippen LogP contribution in [0.2, 0.25) is 0 Å². The van der Waals surface area contributed by atoms with Gasteiger partial charge in [0.1, 0.15) is 77.5 Å². The van der Waals surface area contributed by atoms with Gasteiger partial charge >= 0.3 is 0 Å². The summed E-state index contributed by atoms with van der Waals surface area (Å²) in [5.74, 6) is -15.2. The molecular weight excluding hydrogens is 1400 g/mol. The van der Waals surface area contributed by atoms with Crippen LogP contribution in [0.15, 0.2) is 119 Å². The number of ketones is 4. The lowest BCUT2D eigenvalue weighted by Gasteiger charge is -2.48. The fourth-order valence-corrected chi connectivity index (χ4v) is 18.2. The van der Waals surface area contributed by atoms with Crippen molar-refractivity contribution in [1.29, 1.82) is 0 Å². The minimum Gasteiger partial charge on any atom is -0.830 e. The summed E-state index contributed by atoms with van der Waals surface area (Å²) in [5, 5.41) is 202. The van der Waals surface area contributed by atoms with Crippen LogP contribution in [0.5, 0.6) is 0 Å². The van der Waals surface area contributed by atoms with Gasteiger partial charge in [-0.1, -0.05) is 113 Å². The summed E-state index contributed by atoms with van der Waals surface area (Å²) < 4.78 is 48.1. The second kappa shape index (κ2) is 31.0. The molecule has 11 rings (SSSR count). The summed E-state index contributed by atoms with van der Waals surface area (Å²) in [4.78, 5) is 74.5. The van der Waals surface area contributed by atoms with Crippen molar-refractivity contribution in [3.8, 4) is 0 Å². The summed E-state index contributed by atoms with van der Waals surface area (Å²) in [7, 11) is 0. The van der Waals surface area contributed by atoms with Crippen LogP contribution in [0.25, 0.3) is 0 Å². The summed E-state index contributed by atoms with van der Waals surface area (Å²) in [6.07, 6.45) is -15.4. The largest absolute Gasteiger partial charge is 0.830 e. The van der Waals surface area contributed by atoms with Gasteiger partial charge in [0.15, 0.2) is 35.7 Å². The number of hydrogen-bond donors (Lipinski definition) is 13. The highest BCUT2D eigenvalue weighted by Crippen LogP contribution is 2.59. The summed E-state index contributed by atoms with van der Waals surface area (Å²) in [5.41, 5.74) is -12.6. The third-order valence-electron chi connectivity index (χ3n) is 25.1. The number of ether oxygens (including phenoxy) is 8. The number of carbonyl (C=O) groups excluding carboxylic acids is 5. The zero-order valence-corrected chi connectivity index (χ0v) is 60.9. The monoisotopic (exact) mass is 1500 g/mol. The molecule has 592 valence electrons. The van der Waals surface area contributed by atoms with Gasteiger partial charge in [-0.05, 0) is 143 Å². The summed E-state index contributed by atoms with van der Waals surface area (Å²) >= 11 is 0. The van der Waals surface area contributed by atoms with Crippen molar-refractivity contribution in [3.63, 3.8) is 0 Å². The Balaban J connectivity index is 1.01. The third-order valence-corrected chi connectivity index (χ3v) is 25.1. The van der Waals surface area contributed by atoms with Crippen molar-refractivity contribution in [2.75, 3.05) is 33.0 Å². The van der Waals surface area contributed by atoms with E-state index in [4.69, 9.17) is 37.9 Å². The van der Waals surface area contributed by atoms with Crippen LogP contribution < -0.4 is 20.4 Å². The van der Waals surface area contributed by atoms with Crippen LogP contribution >= 0.6 is 0 Å². The molecule has 6 heterocycles. The maximum atomic E-state index is 15.6. The standard InChI is InChI=1S/C77H100O30/c1-34-12-10-14-44-20-40(32-100-69-59(90)57(88)55(86)47(30-80)102-69)36(3)21-74(44)61(92)49(65(96)104-74)45(82)15-18-72(8)25-41(28-78)38(5)23-77(72)64(95)52(68(99)107-77)54(85)35(2)13-11-17-71(7)27-43(33-101-70-60(91)58(89)56(87)48(31-81)103-70)39(6)24-75(71)62(93)50(66(97)105-75)46(83)16-19-73(9)26-42(29-79)37(4)22-76(73)63(94)51(53(34)84)67(98)106-76/h10-20,25-27,29,36-39,44-60,65-70,78,80-91H,21-24,28,30-33H2,1-9H3/q-4/b14-10+,17-11+,18-15+,19-16+,34-12+,35-13+/t36?,37?,38?,39?,44?,45?,46?,47-,48-,49?,50?,51?,52?,53?,54?,55+,56+,57+,58+,59-,60-,65?,66?,67?,68?,69+,70+,71?,72?,73?,74?,75?,76?,77?/m1/s1. The highest BCUT2D eigenvalue weighted by Gasteiger charge is 2.67. The van der Waals surface area contributed by atoms with Crippen LogP contribution in [0.3, 0.4) is 0 Å². The number of fused-ring (bicyclic) bond motifs is 4. The van der Waals surface area contributed by atoms with Crippen molar-refractivity contribution in [1.82, 2.24) is 0 Å². The molecule has 0 radical (unpaired) electrons. The van der Waals surface area contributed by atoms with E-state index in [1.807, 2.05) is 0 Å². The van der Waals surface area contributed by atoms with E-state index in [0.717, 1.165) is 12.2 Å². The highest BCUT2D eigenvalue weighted by molar-refractivity contribution is 5.97. The van der Waals surface area contributed by atoms with Crippen LogP contribution in [-0.2, 0) is 61.9 Å². The van der Waals surface area contributed by atoms with Crippen LogP contribution in [-0.4, -0.2) is 262 Å². The van der Waals surface area contributed by atoms with E-state index in [2.05, 4.69) is 0 Å². The van der Waals surface area contributed by atoms with E-state index < -0.39 is 252 Å². The predicted molar refractivity (Wildman–Crippen MR) is 360 cm³/mol. The molecule has 11 aliphatic rings. The number of aldehydes is 1. The Hall–Kier alpha value is -5.25. The number of aliphatic hydroxyl groups is 13. The van der Waals surface area contributed by atoms with Crippen LogP contribution in [0.1, 0.15) is 88.0 Å². The average molecular weight is 1510 g/mol. The van der Waals surface area contributed by atoms with Gasteiger partial charge in [-0.2, -0.15) is 0 Å². The van der Waals surface area contributed by atoms with E-state index in [1.165, 1.54) is 101 Å². The lowest BCUT2D eigenvalue weighted by Crippen LogP contribution is -2.59. The van der Waals surface area contributed by atoms with E-state index >= 15 is 19.2 Å². The van der Waals surface area contributed by atoms with Crippen molar-refractivity contribution >= 4 is 29.4 Å². The molecule has 107 heavy (non-hydrogen) atoms. The summed E-state index contributed by atoms with van der Waals surface area (Å²) in [6.45, 7) is 11.0. The maximum absolute atomic E-state index is 15.6. The third kappa shape index (κ3) is 13.9. The van der Waals surface area contributed by atoms with Crippen molar-refractivity contribution in [3.05, 3.63) is 119 Å². The minimum atomic E-state index is -2.33. The Morgan fingerprint density at radius 1 is 0.477 bits per heavy atom. The average Bonchev–Trinajstić information content (AvgIpc) is 1.60. The fourth-order valence-electron chi connectivity index (χ4n) is 18.2. The van der Waals surface area contributed by atoms with Crippen LogP contribution in [0.4, 0.5) is 0 Å². The first-order valence-electron chi connectivity index (χ1n) is 36.4. The molecule has 24 unspecified atom stereocenters. The molecular formula is C77H100O30-4. The molecule has 6 saturated heterocycles. The molecule has 4 spiro atoms. The molecule has 8 bridgehead atoms. The molecule has 13 N–H and O–H groups in total. The quantitative estimate of drug-likeness (QED) is 0.0724. The topological polar surface area (TPSA) is 514 Å². The lowest BCUT2D eigenvalue weighted by atomic mass is 9.59. The first kappa shape index (κ1) is 82.7. The number of rotatable bonds is 10. The SMILES string of the molecule is C/C1=C\C=C\C2C=C(CO[C@H]3O[C@H](CO)[C@H](O)[C@H](O)[C@H]3O)C(C)CC23OC([O-])C(C3=O)C(O)/C=C/C2(C)C=C(CO)C(C)CC23OC([O-])C(C3=O)C(O)/C(C)=C/C=C/C2(C)C=C(CO[C@H]3O[C@H](CO)[C@H](O)[C@H](O)[C@H]3O)C(C)CC23OC([O-])C(C3=O)C(O)/C=C/C2(C)C=C(C=O)C(C)CC23OC([O-])C(C3=O)C1O. The zero-order valence-electron chi connectivity index (χ0n) is 60.9. The van der Waals surface area contributed by atoms with Gasteiger partial charge < -0.3 is 125 Å². The minimum absolute atomic E-state index is 0.00945. The molecule has 6 aliphatic heterocycles. The number of hydrogen-bond acceptors (Lipinski definition) is 30. The maximum Gasteiger partial charge on any atom is 0.187 e. The molecule has 0 aromatic carbocycles. The number of carbonyl (C=O) groups is 5. The molecule has 30 nitrogen and oxygen atoms in total. The normalized spacial score (nSPS) is 51.4. The Bertz CT molecular complexity index is 3720. The molecule has 30 heteroatoms. The van der Waals surface area contributed by atoms with Crippen molar-refractivity contribution in [2.45, 2.75) is 221 Å². The second-order valence-corrected chi connectivity index (χ2v) is 31.9. The number of Topliss-reactive ketones (excluding diaryl/α,β-unsaturated/α-hetero) is 4. The van der Waals surface area contributed by atoms with E-state index in [-0.39, 0.29) is 49.0 Å². The van der Waals surface area contributed by atoms with E-state index in [1.54, 1.807) is 33.8 Å². The molecule has 0 amide bonds. The van der Waals surface area contributed by atoms with Gasteiger partial charge in [0.2, 0.25) is 0 Å². The van der Waals surface area contributed by atoms with E-state index in [0.29, 0.717) is 23.0 Å².